The predicted octanol–water partition coefficient (Wildman–Crippen LogP) is 0.827. The van der Waals surface area contributed by atoms with Crippen LogP contribution in [0.2, 0.25) is 0 Å². The minimum absolute atomic E-state index is 0.363. The number of rotatable bonds is 8. The summed E-state index contributed by atoms with van der Waals surface area (Å²) in [6, 6.07) is 0.363. The van der Waals surface area contributed by atoms with Crippen LogP contribution in [0.3, 0.4) is 0 Å². The Bertz CT molecular complexity index is 186. The molecule has 0 aromatic carbocycles. The highest BCUT2D eigenvalue weighted by molar-refractivity contribution is 7.80. The lowest BCUT2D eigenvalue weighted by atomic mass is 10.3. The molecule has 0 saturated heterocycles. The zero-order valence-electron chi connectivity index (χ0n) is 10.9. The Morgan fingerprint density at radius 1 is 1.38 bits per heavy atom. The summed E-state index contributed by atoms with van der Waals surface area (Å²) in [4.78, 5) is 2.37. The molecule has 1 atom stereocenters. The predicted molar refractivity (Wildman–Crippen MR) is 72.9 cm³/mol. The minimum Gasteiger partial charge on any atom is -0.383 e. The van der Waals surface area contributed by atoms with Crippen molar-refractivity contribution in [2.45, 2.75) is 26.8 Å². The second kappa shape index (κ2) is 9.81. The van der Waals surface area contributed by atoms with Gasteiger partial charge >= 0.3 is 0 Å². The topological polar surface area (TPSA) is 36.5 Å². The quantitative estimate of drug-likeness (QED) is 0.491. The molecule has 96 valence electrons. The van der Waals surface area contributed by atoms with Gasteiger partial charge in [0, 0.05) is 26.2 Å². The van der Waals surface area contributed by atoms with E-state index < -0.39 is 0 Å². The van der Waals surface area contributed by atoms with Crippen LogP contribution in [0.25, 0.3) is 0 Å². The Morgan fingerprint density at radius 3 is 2.50 bits per heavy atom. The third-order valence-corrected chi connectivity index (χ3v) is 2.66. The van der Waals surface area contributed by atoms with Crippen molar-refractivity contribution in [3.63, 3.8) is 0 Å². The number of nitrogens with zero attached hydrogens (tertiary/aromatic N) is 1. The van der Waals surface area contributed by atoms with Gasteiger partial charge in [-0.15, -0.1) is 0 Å². The summed E-state index contributed by atoms with van der Waals surface area (Å²) < 4.78 is 4.94. The van der Waals surface area contributed by atoms with Gasteiger partial charge in [0.15, 0.2) is 5.11 Å². The van der Waals surface area contributed by atoms with E-state index in [0.29, 0.717) is 17.8 Å². The fourth-order valence-electron chi connectivity index (χ4n) is 1.46. The molecular weight excluding hydrogens is 222 g/mol. The Kier molecular flexibility index (Phi) is 9.57. The van der Waals surface area contributed by atoms with Crippen molar-refractivity contribution in [3.05, 3.63) is 0 Å². The van der Waals surface area contributed by atoms with Gasteiger partial charge < -0.3 is 20.3 Å². The molecule has 5 heteroatoms. The molecule has 0 radical (unpaired) electrons. The van der Waals surface area contributed by atoms with Crippen LogP contribution >= 0.6 is 12.2 Å². The van der Waals surface area contributed by atoms with Gasteiger partial charge in [0.2, 0.25) is 0 Å². The van der Waals surface area contributed by atoms with Gasteiger partial charge in [0.05, 0.1) is 6.61 Å². The first-order chi connectivity index (χ1) is 7.63. The van der Waals surface area contributed by atoms with Crippen molar-refractivity contribution < 1.29 is 4.74 Å². The van der Waals surface area contributed by atoms with Crippen molar-refractivity contribution in [2.24, 2.45) is 0 Å². The second-order valence-electron chi connectivity index (χ2n) is 3.78. The molecule has 0 amide bonds. The molecule has 0 rings (SSSR count). The first-order valence-corrected chi connectivity index (χ1v) is 6.30. The van der Waals surface area contributed by atoms with E-state index in [1.165, 1.54) is 0 Å². The Morgan fingerprint density at radius 2 is 2.00 bits per heavy atom. The van der Waals surface area contributed by atoms with Crippen molar-refractivity contribution in [3.8, 4) is 0 Å². The van der Waals surface area contributed by atoms with E-state index in [0.717, 1.165) is 26.2 Å². The molecule has 1 unspecified atom stereocenters. The third-order valence-electron chi connectivity index (χ3n) is 2.40. The van der Waals surface area contributed by atoms with Crippen molar-refractivity contribution in [2.75, 3.05) is 39.9 Å². The number of methoxy groups -OCH3 is 1. The third kappa shape index (κ3) is 7.84. The van der Waals surface area contributed by atoms with E-state index in [2.05, 4.69) is 36.3 Å². The van der Waals surface area contributed by atoms with E-state index in [1.54, 1.807) is 7.11 Å². The Labute approximate surface area is 105 Å². The van der Waals surface area contributed by atoms with Crippen LogP contribution in [0.15, 0.2) is 0 Å². The highest BCUT2D eigenvalue weighted by Gasteiger charge is 2.07. The fourth-order valence-corrected chi connectivity index (χ4v) is 1.76. The number of likely N-dealkylation sites (N-methyl/N-ethyl adjacent to an activating group) is 1. The number of nitrogens with one attached hydrogen (secondary N) is 2. The lowest BCUT2D eigenvalue weighted by molar-refractivity contribution is 0.203. The molecule has 0 aromatic rings. The molecule has 0 fully saturated rings. The summed E-state index contributed by atoms with van der Waals surface area (Å²) in [5, 5.41) is 7.07. The first kappa shape index (κ1) is 15.6. The van der Waals surface area contributed by atoms with Crippen LogP contribution in [-0.4, -0.2) is 55.9 Å². The summed E-state index contributed by atoms with van der Waals surface area (Å²) in [6.45, 7) is 11.1. The molecule has 2 N–H and O–H groups in total. The highest BCUT2D eigenvalue weighted by atomic mass is 32.1. The minimum atomic E-state index is 0.363. The first-order valence-electron chi connectivity index (χ1n) is 5.89. The van der Waals surface area contributed by atoms with Crippen LogP contribution in [-0.2, 0) is 4.74 Å². The maximum Gasteiger partial charge on any atom is 0.166 e. The summed E-state index contributed by atoms with van der Waals surface area (Å²) >= 11 is 5.17. The van der Waals surface area contributed by atoms with Crippen molar-refractivity contribution in [1.82, 2.24) is 15.5 Å². The standard InChI is InChI=1S/C11H25N3OS/c1-5-14(6-2)9-10(3)13-11(16)12-7-8-15-4/h10H,5-9H2,1-4H3,(H2,12,13,16). The zero-order valence-corrected chi connectivity index (χ0v) is 11.7. The summed E-state index contributed by atoms with van der Waals surface area (Å²) in [5.41, 5.74) is 0. The molecule has 0 saturated carbocycles. The summed E-state index contributed by atoms with van der Waals surface area (Å²) in [5.74, 6) is 0. The lowest BCUT2D eigenvalue weighted by Crippen LogP contribution is -2.46. The van der Waals surface area contributed by atoms with Crippen molar-refractivity contribution >= 4 is 17.3 Å². The SMILES string of the molecule is CCN(CC)CC(C)NC(=S)NCCOC. The van der Waals surface area contributed by atoms with Crippen LogP contribution in [0.5, 0.6) is 0 Å². The van der Waals surface area contributed by atoms with Gasteiger partial charge in [0.25, 0.3) is 0 Å². The molecule has 0 bridgehead atoms. The Hall–Kier alpha value is -0.390. The maximum absolute atomic E-state index is 5.17. The van der Waals surface area contributed by atoms with Gasteiger partial charge in [-0.2, -0.15) is 0 Å². The second-order valence-corrected chi connectivity index (χ2v) is 4.19. The van der Waals surface area contributed by atoms with Gasteiger partial charge in [-0.05, 0) is 32.2 Å². The summed E-state index contributed by atoms with van der Waals surface area (Å²) in [7, 11) is 1.68. The fraction of sp³-hybridized carbons (Fsp3) is 0.909. The molecule has 0 aromatic heterocycles. The van der Waals surface area contributed by atoms with Crippen LogP contribution < -0.4 is 10.6 Å². The highest BCUT2D eigenvalue weighted by Crippen LogP contribution is 1.91. The van der Waals surface area contributed by atoms with E-state index in [-0.39, 0.29) is 0 Å². The van der Waals surface area contributed by atoms with Gasteiger partial charge in [0.1, 0.15) is 0 Å². The van der Waals surface area contributed by atoms with E-state index in [9.17, 15) is 0 Å². The van der Waals surface area contributed by atoms with Crippen molar-refractivity contribution in [1.29, 1.82) is 0 Å². The summed E-state index contributed by atoms with van der Waals surface area (Å²) in [6.07, 6.45) is 0. The molecule has 0 spiro atoms. The molecular formula is C11H25N3OS. The van der Waals surface area contributed by atoms with E-state index in [1.807, 2.05) is 0 Å². The zero-order chi connectivity index (χ0) is 12.4. The lowest BCUT2D eigenvalue weighted by Gasteiger charge is -2.24. The van der Waals surface area contributed by atoms with E-state index in [4.69, 9.17) is 17.0 Å². The Balaban J connectivity index is 3.68. The molecule has 4 nitrogen and oxygen atoms in total. The monoisotopic (exact) mass is 247 g/mol. The van der Waals surface area contributed by atoms with Gasteiger partial charge in [-0.25, -0.2) is 0 Å². The molecule has 0 heterocycles. The number of hydrogen-bond donors (Lipinski definition) is 2. The number of hydrogen-bond acceptors (Lipinski definition) is 3. The smallest absolute Gasteiger partial charge is 0.166 e. The average molecular weight is 247 g/mol. The molecule has 0 aliphatic carbocycles. The normalized spacial score (nSPS) is 12.6. The molecule has 16 heavy (non-hydrogen) atoms. The molecule has 0 aliphatic rings. The van der Waals surface area contributed by atoms with E-state index >= 15 is 0 Å². The average Bonchev–Trinajstić information content (AvgIpc) is 2.26. The van der Waals surface area contributed by atoms with Crippen LogP contribution in [0.1, 0.15) is 20.8 Å². The number of thiocarbonyl (C=S) groups is 1. The largest absolute Gasteiger partial charge is 0.383 e. The molecule has 0 aliphatic heterocycles. The van der Waals surface area contributed by atoms with Gasteiger partial charge in [-0.1, -0.05) is 13.8 Å². The number of ether oxygens (including phenoxy) is 1. The van der Waals surface area contributed by atoms with Crippen LogP contribution in [0.4, 0.5) is 0 Å². The van der Waals surface area contributed by atoms with Gasteiger partial charge in [-0.3, -0.25) is 0 Å². The maximum atomic E-state index is 5.17. The van der Waals surface area contributed by atoms with Crippen LogP contribution in [0, 0.1) is 0 Å².